The van der Waals surface area contributed by atoms with Crippen molar-refractivity contribution in [3.05, 3.63) is 43.7 Å². The maximum atomic E-state index is 11.5. The Bertz CT molecular complexity index is 795. The zero-order chi connectivity index (χ0) is 22.8. The van der Waals surface area contributed by atoms with Crippen LogP contribution in [0.4, 0.5) is 0 Å². The Balaban J connectivity index is 4.55. The van der Waals surface area contributed by atoms with Crippen molar-refractivity contribution >= 4 is 11.9 Å². The molecule has 0 saturated carbocycles. The van der Waals surface area contributed by atoms with Crippen molar-refractivity contribution < 1.29 is 19.1 Å². The maximum absolute atomic E-state index is 11.5. The van der Waals surface area contributed by atoms with Crippen LogP contribution >= 0.6 is 0 Å². The molecule has 0 aliphatic carbocycles. The van der Waals surface area contributed by atoms with E-state index in [0.717, 1.165) is 27.1 Å². The summed E-state index contributed by atoms with van der Waals surface area (Å²) in [5.74, 6) is -2.23. The Morgan fingerprint density at radius 1 is 0.833 bits per heavy atom. The number of ether oxygens (including phenoxy) is 2. The molecular weight excluding hydrogens is 396 g/mol. The minimum absolute atomic E-state index is 0.204. The molecule has 0 spiro atoms. The second-order valence-corrected chi connectivity index (χ2v) is 5.30. The maximum Gasteiger partial charge on any atom is 0.350 e. The van der Waals surface area contributed by atoms with Gasteiger partial charge in [-0.1, -0.05) is 12.8 Å². The predicted molar refractivity (Wildman–Crippen MR) is 102 cm³/mol. The molecule has 14 nitrogen and oxygen atoms in total. The van der Waals surface area contributed by atoms with Crippen molar-refractivity contribution in [3.63, 3.8) is 0 Å². The van der Waals surface area contributed by atoms with Crippen LogP contribution in [0.1, 0.15) is 25.7 Å². The number of esters is 2. The van der Waals surface area contributed by atoms with E-state index >= 15 is 0 Å². The molecule has 30 heavy (non-hydrogen) atoms. The van der Waals surface area contributed by atoms with Crippen molar-refractivity contribution in [1.82, 2.24) is 10.6 Å². The summed E-state index contributed by atoms with van der Waals surface area (Å²) in [5, 5.41) is 30.0. The molecule has 0 heterocycles. The van der Waals surface area contributed by atoms with Crippen molar-refractivity contribution in [2.75, 3.05) is 27.3 Å². The van der Waals surface area contributed by atoms with Crippen LogP contribution in [-0.4, -0.2) is 39.2 Å². The zero-order valence-corrected chi connectivity index (χ0v) is 16.5. The molecule has 14 heteroatoms. The first-order valence-electron chi connectivity index (χ1n) is 8.53. The summed E-state index contributed by atoms with van der Waals surface area (Å²) in [4.78, 5) is 28.1. The number of hydrogen-bond donors (Lipinski definition) is 2. The second-order valence-electron chi connectivity index (χ2n) is 5.30. The van der Waals surface area contributed by atoms with Crippen molar-refractivity contribution in [3.8, 4) is 12.1 Å². The van der Waals surface area contributed by atoms with Crippen LogP contribution in [0, 0.1) is 22.7 Å². The van der Waals surface area contributed by atoms with Crippen LogP contribution in [0.5, 0.6) is 0 Å². The quantitative estimate of drug-likeness (QED) is 0.0858. The van der Waals surface area contributed by atoms with Crippen molar-refractivity contribution in [1.29, 1.82) is 10.5 Å². The fourth-order valence-electron chi connectivity index (χ4n) is 2.05. The summed E-state index contributed by atoms with van der Waals surface area (Å²) in [6.45, 7) is 0.684. The molecule has 2 N–H and O–H groups in total. The molecule has 0 unspecified atom stereocenters. The van der Waals surface area contributed by atoms with Crippen molar-refractivity contribution in [2.45, 2.75) is 25.7 Å². The average molecular weight is 416 g/mol. The molecule has 0 aromatic rings. The Morgan fingerprint density at radius 3 is 1.47 bits per heavy atom. The van der Waals surface area contributed by atoms with E-state index < -0.39 is 23.1 Å². The SMILES string of the molecule is COC(=O)/C(C#N)=C(/N=[N+]=[N-])NCCCCCCN/C(N=[N+]=[N-])=C(/C#N)C(=O)OC. The third kappa shape index (κ3) is 9.01. The summed E-state index contributed by atoms with van der Waals surface area (Å²) in [5.41, 5.74) is 16.3. The molecular formula is C16H20N10O4. The Labute approximate surface area is 172 Å². The van der Waals surface area contributed by atoms with Gasteiger partial charge in [-0.2, -0.15) is 10.5 Å². The highest BCUT2D eigenvalue weighted by Crippen LogP contribution is 2.08. The number of nitrogens with one attached hydrogen (secondary N) is 2. The lowest BCUT2D eigenvalue weighted by Gasteiger charge is -2.09. The minimum atomic E-state index is -0.911. The van der Waals surface area contributed by atoms with Gasteiger partial charge >= 0.3 is 11.9 Å². The van der Waals surface area contributed by atoms with Crippen LogP contribution < -0.4 is 10.6 Å². The molecule has 158 valence electrons. The Morgan fingerprint density at radius 2 is 1.20 bits per heavy atom. The molecule has 0 saturated heterocycles. The highest BCUT2D eigenvalue weighted by atomic mass is 16.5. The summed E-state index contributed by atoms with van der Waals surface area (Å²) < 4.78 is 8.91. The highest BCUT2D eigenvalue weighted by molar-refractivity contribution is 5.93. The third-order valence-corrected chi connectivity index (χ3v) is 3.45. The van der Waals surface area contributed by atoms with Gasteiger partial charge in [0, 0.05) is 22.9 Å². The monoisotopic (exact) mass is 416 g/mol. The standard InChI is InChI=1S/C16H20N10O4/c1-29-15(27)11(9-17)13(23-25-19)21-7-5-3-4-6-8-22-14(24-26-20)12(10-18)16(28)30-2/h21-22H,3-8H2,1-2H3/b13-11+,14-12+. The zero-order valence-electron chi connectivity index (χ0n) is 16.5. The Kier molecular flexibility index (Phi) is 13.4. The van der Waals surface area contributed by atoms with E-state index in [2.05, 4.69) is 40.2 Å². The van der Waals surface area contributed by atoms with E-state index in [1.807, 2.05) is 0 Å². The van der Waals surface area contributed by atoms with Crippen LogP contribution in [0.25, 0.3) is 20.9 Å². The lowest BCUT2D eigenvalue weighted by atomic mass is 10.2. The summed E-state index contributed by atoms with van der Waals surface area (Å²) >= 11 is 0. The summed E-state index contributed by atoms with van der Waals surface area (Å²) in [6.07, 6.45) is 2.74. The fourth-order valence-corrected chi connectivity index (χ4v) is 2.05. The first kappa shape index (κ1) is 25.6. The normalized spacial score (nSPS) is 11.1. The molecule has 0 atom stereocenters. The molecule has 0 amide bonds. The van der Waals surface area contributed by atoms with Gasteiger partial charge in [0.05, 0.1) is 14.2 Å². The highest BCUT2D eigenvalue weighted by Gasteiger charge is 2.15. The number of nitrogens with zero attached hydrogens (tertiary/aromatic N) is 8. The smallest absolute Gasteiger partial charge is 0.350 e. The lowest BCUT2D eigenvalue weighted by Crippen LogP contribution is -2.19. The number of unbranched alkanes of at least 4 members (excludes halogenated alkanes) is 3. The van der Waals surface area contributed by atoms with Gasteiger partial charge in [-0.25, -0.2) is 9.59 Å². The number of nitriles is 2. The van der Waals surface area contributed by atoms with Crippen LogP contribution in [0.2, 0.25) is 0 Å². The average Bonchev–Trinajstić information content (AvgIpc) is 2.75. The van der Waals surface area contributed by atoms with E-state index in [1.165, 1.54) is 0 Å². The fraction of sp³-hybridized carbons (Fsp3) is 0.500. The van der Waals surface area contributed by atoms with E-state index in [-0.39, 0.29) is 11.6 Å². The number of methoxy groups -OCH3 is 2. The lowest BCUT2D eigenvalue weighted by molar-refractivity contribution is -0.136. The van der Waals surface area contributed by atoms with Gasteiger partial charge in [0.25, 0.3) is 0 Å². The number of carbonyl (C=O) groups is 2. The largest absolute Gasteiger partial charge is 0.465 e. The van der Waals surface area contributed by atoms with Gasteiger partial charge in [0.1, 0.15) is 23.8 Å². The summed E-state index contributed by atoms with van der Waals surface area (Å²) in [7, 11) is 2.21. The van der Waals surface area contributed by atoms with Gasteiger partial charge in [-0.05, 0) is 34.1 Å². The van der Waals surface area contributed by atoms with Crippen LogP contribution in [-0.2, 0) is 19.1 Å². The number of hydrogen-bond acceptors (Lipinski definition) is 10. The second kappa shape index (κ2) is 15.7. The molecule has 0 aromatic heterocycles. The molecule has 0 radical (unpaired) electrons. The van der Waals surface area contributed by atoms with Gasteiger partial charge < -0.3 is 20.1 Å². The minimum Gasteiger partial charge on any atom is -0.465 e. The van der Waals surface area contributed by atoms with Gasteiger partial charge in [0.15, 0.2) is 11.1 Å². The molecule has 0 aliphatic rings. The predicted octanol–water partition coefficient (Wildman–Crippen LogP) is 2.16. The van der Waals surface area contributed by atoms with E-state index in [0.29, 0.717) is 25.9 Å². The molecule has 0 rings (SSSR count). The number of carbonyl (C=O) groups excluding carboxylic acids is 2. The van der Waals surface area contributed by atoms with E-state index in [9.17, 15) is 9.59 Å². The van der Waals surface area contributed by atoms with Crippen LogP contribution in [0.3, 0.4) is 0 Å². The van der Waals surface area contributed by atoms with Gasteiger partial charge in [-0.15, -0.1) is 0 Å². The third-order valence-electron chi connectivity index (χ3n) is 3.45. The summed E-state index contributed by atoms with van der Waals surface area (Å²) in [6, 6.07) is 3.26. The van der Waals surface area contributed by atoms with Crippen molar-refractivity contribution in [2.24, 2.45) is 10.2 Å². The first-order chi connectivity index (χ1) is 14.5. The molecule has 0 aliphatic heterocycles. The topological polar surface area (TPSA) is 222 Å². The van der Waals surface area contributed by atoms with Gasteiger partial charge in [-0.3, -0.25) is 0 Å². The molecule has 0 fully saturated rings. The van der Waals surface area contributed by atoms with Gasteiger partial charge in [0.2, 0.25) is 0 Å². The van der Waals surface area contributed by atoms with Crippen LogP contribution in [0.15, 0.2) is 33.0 Å². The molecule has 0 aromatic carbocycles. The van der Waals surface area contributed by atoms with E-state index in [4.69, 9.17) is 21.6 Å². The van der Waals surface area contributed by atoms with E-state index in [1.54, 1.807) is 12.1 Å². The molecule has 0 bridgehead atoms. The number of rotatable bonds is 13. The first-order valence-corrected chi connectivity index (χ1v) is 8.53. The Hall–Kier alpha value is -4.38. The number of azide groups is 2.